The number of benzene rings is 1. The molecule has 7 nitrogen and oxygen atoms in total. The van der Waals surface area contributed by atoms with Gasteiger partial charge in [-0.2, -0.15) is 0 Å². The Kier molecular flexibility index (Phi) is 5.30. The highest BCUT2D eigenvalue weighted by molar-refractivity contribution is 7.89. The van der Waals surface area contributed by atoms with Crippen LogP contribution in [0, 0.1) is 15.5 Å². The molecular weight excluding hydrogens is 294 g/mol. The average molecular weight is 315 g/mol. The second-order valence-corrected chi connectivity index (χ2v) is 7.27. The van der Waals surface area contributed by atoms with Gasteiger partial charge in [0, 0.05) is 25.7 Å². The Balaban J connectivity index is 3.11. The van der Waals surface area contributed by atoms with E-state index in [0.29, 0.717) is 6.54 Å². The Labute approximate surface area is 124 Å². The first-order valence-corrected chi connectivity index (χ1v) is 8.07. The number of hydrogen-bond acceptors (Lipinski definition) is 5. The van der Waals surface area contributed by atoms with Gasteiger partial charge >= 0.3 is 0 Å². The Morgan fingerprint density at radius 3 is 2.43 bits per heavy atom. The zero-order chi connectivity index (χ0) is 16.3. The summed E-state index contributed by atoms with van der Waals surface area (Å²) >= 11 is 0. The fraction of sp³-hybridized carbons (Fsp3) is 0.538. The molecular formula is C13H21N3O4S. The van der Waals surface area contributed by atoms with Crippen molar-refractivity contribution in [1.29, 1.82) is 0 Å². The summed E-state index contributed by atoms with van der Waals surface area (Å²) < 4.78 is 27.2. The van der Waals surface area contributed by atoms with Gasteiger partial charge in [0.15, 0.2) is 0 Å². The number of nitro groups is 1. The highest BCUT2D eigenvalue weighted by Crippen LogP contribution is 2.27. The van der Waals surface area contributed by atoms with Crippen LogP contribution in [0.3, 0.4) is 0 Å². The molecule has 0 aliphatic carbocycles. The summed E-state index contributed by atoms with van der Waals surface area (Å²) in [6.07, 6.45) is 0.828. The van der Waals surface area contributed by atoms with Crippen molar-refractivity contribution in [2.75, 3.05) is 18.9 Å². The van der Waals surface area contributed by atoms with Crippen LogP contribution in [0.25, 0.3) is 0 Å². The standard InChI is InChI=1S/C13H21N3O4S/c1-5-13(2,3)9-15-21(19,20)12-7-6-10(16(17)18)8-11(12)14-4/h6-8,14-15H,5,9H2,1-4H3. The quantitative estimate of drug-likeness (QED) is 0.594. The number of anilines is 1. The molecule has 0 amide bonds. The van der Waals surface area contributed by atoms with E-state index in [1.165, 1.54) is 25.2 Å². The van der Waals surface area contributed by atoms with Crippen molar-refractivity contribution < 1.29 is 13.3 Å². The van der Waals surface area contributed by atoms with E-state index in [1.807, 2.05) is 20.8 Å². The molecule has 118 valence electrons. The van der Waals surface area contributed by atoms with Gasteiger partial charge in [-0.1, -0.05) is 20.8 Å². The molecule has 1 aromatic carbocycles. The van der Waals surface area contributed by atoms with Crippen molar-refractivity contribution in [2.45, 2.75) is 32.1 Å². The first-order chi connectivity index (χ1) is 9.63. The minimum absolute atomic E-state index is 0.00232. The Morgan fingerprint density at radius 2 is 1.95 bits per heavy atom. The molecule has 1 rings (SSSR count). The number of nitro benzene ring substituents is 1. The third kappa shape index (κ3) is 4.40. The van der Waals surface area contributed by atoms with E-state index in [-0.39, 0.29) is 21.7 Å². The summed E-state index contributed by atoms with van der Waals surface area (Å²) in [6.45, 7) is 6.21. The molecule has 21 heavy (non-hydrogen) atoms. The number of nitrogens with zero attached hydrogens (tertiary/aromatic N) is 1. The van der Waals surface area contributed by atoms with Gasteiger partial charge in [0.25, 0.3) is 5.69 Å². The van der Waals surface area contributed by atoms with Gasteiger partial charge in [0.2, 0.25) is 10.0 Å². The van der Waals surface area contributed by atoms with Crippen molar-refractivity contribution in [3.05, 3.63) is 28.3 Å². The molecule has 0 aliphatic rings. The minimum Gasteiger partial charge on any atom is -0.387 e. The van der Waals surface area contributed by atoms with Crippen LogP contribution in [0.4, 0.5) is 11.4 Å². The van der Waals surface area contributed by atoms with E-state index >= 15 is 0 Å². The predicted octanol–water partition coefficient (Wildman–Crippen LogP) is 2.35. The van der Waals surface area contributed by atoms with E-state index in [4.69, 9.17) is 0 Å². The van der Waals surface area contributed by atoms with Crippen LogP contribution < -0.4 is 10.0 Å². The molecule has 0 fully saturated rings. The van der Waals surface area contributed by atoms with Gasteiger partial charge < -0.3 is 5.32 Å². The fourth-order valence-corrected chi connectivity index (χ4v) is 2.99. The summed E-state index contributed by atoms with van der Waals surface area (Å²) in [5, 5.41) is 13.4. The lowest BCUT2D eigenvalue weighted by atomic mass is 9.91. The molecule has 0 bridgehead atoms. The smallest absolute Gasteiger partial charge is 0.271 e. The second-order valence-electron chi connectivity index (χ2n) is 5.53. The maximum atomic E-state index is 12.3. The molecule has 0 aliphatic heterocycles. The van der Waals surface area contributed by atoms with Crippen LogP contribution in [0.5, 0.6) is 0 Å². The Hall–Kier alpha value is -1.67. The van der Waals surface area contributed by atoms with Crippen LogP contribution in [0.1, 0.15) is 27.2 Å². The zero-order valence-corrected chi connectivity index (χ0v) is 13.5. The summed E-state index contributed by atoms with van der Waals surface area (Å²) in [6, 6.07) is 3.63. The molecule has 0 saturated heterocycles. The largest absolute Gasteiger partial charge is 0.387 e. The second kappa shape index (κ2) is 6.40. The summed E-state index contributed by atoms with van der Waals surface area (Å²) in [5.74, 6) is 0. The molecule has 0 saturated carbocycles. The summed E-state index contributed by atoms with van der Waals surface area (Å²) in [4.78, 5) is 10.2. The van der Waals surface area contributed by atoms with E-state index < -0.39 is 14.9 Å². The van der Waals surface area contributed by atoms with Gasteiger partial charge in [0.05, 0.1) is 10.6 Å². The molecule has 1 aromatic rings. The van der Waals surface area contributed by atoms with E-state index in [9.17, 15) is 18.5 Å². The number of non-ortho nitro benzene ring substituents is 1. The van der Waals surface area contributed by atoms with Crippen molar-refractivity contribution in [3.8, 4) is 0 Å². The van der Waals surface area contributed by atoms with Crippen LogP contribution in [0.15, 0.2) is 23.1 Å². The lowest BCUT2D eigenvalue weighted by molar-refractivity contribution is -0.384. The molecule has 0 spiro atoms. The van der Waals surface area contributed by atoms with Crippen LogP contribution >= 0.6 is 0 Å². The van der Waals surface area contributed by atoms with Gasteiger partial charge in [-0.25, -0.2) is 13.1 Å². The molecule has 0 unspecified atom stereocenters. The summed E-state index contributed by atoms with van der Waals surface area (Å²) in [5.41, 5.74) is -0.119. The number of sulfonamides is 1. The van der Waals surface area contributed by atoms with E-state index in [1.54, 1.807) is 0 Å². The topological polar surface area (TPSA) is 101 Å². The lowest BCUT2D eigenvalue weighted by Crippen LogP contribution is -2.33. The maximum absolute atomic E-state index is 12.3. The number of rotatable bonds is 7. The number of nitrogens with one attached hydrogen (secondary N) is 2. The first-order valence-electron chi connectivity index (χ1n) is 6.59. The number of hydrogen-bond donors (Lipinski definition) is 2. The third-order valence-corrected chi connectivity index (χ3v) is 4.89. The molecule has 0 atom stereocenters. The molecule has 8 heteroatoms. The lowest BCUT2D eigenvalue weighted by Gasteiger charge is -2.23. The normalized spacial score (nSPS) is 12.2. The third-order valence-electron chi connectivity index (χ3n) is 3.43. The van der Waals surface area contributed by atoms with Crippen LogP contribution in [-0.4, -0.2) is 26.9 Å². The first kappa shape index (κ1) is 17.4. The highest BCUT2D eigenvalue weighted by Gasteiger charge is 2.24. The fourth-order valence-electron chi connectivity index (χ4n) is 1.55. The minimum atomic E-state index is -3.72. The van der Waals surface area contributed by atoms with Crippen molar-refractivity contribution >= 4 is 21.4 Å². The van der Waals surface area contributed by atoms with Gasteiger partial charge in [-0.3, -0.25) is 10.1 Å². The summed E-state index contributed by atoms with van der Waals surface area (Å²) in [7, 11) is -2.20. The molecule has 0 aromatic heterocycles. The Morgan fingerprint density at radius 1 is 1.33 bits per heavy atom. The molecule has 0 radical (unpaired) electrons. The van der Waals surface area contributed by atoms with Crippen LogP contribution in [-0.2, 0) is 10.0 Å². The van der Waals surface area contributed by atoms with Gasteiger partial charge in [-0.05, 0) is 17.9 Å². The monoisotopic (exact) mass is 315 g/mol. The van der Waals surface area contributed by atoms with Gasteiger partial charge in [0.1, 0.15) is 4.90 Å². The van der Waals surface area contributed by atoms with Crippen LogP contribution in [0.2, 0.25) is 0 Å². The van der Waals surface area contributed by atoms with E-state index in [2.05, 4.69) is 10.0 Å². The van der Waals surface area contributed by atoms with Crippen molar-refractivity contribution in [3.63, 3.8) is 0 Å². The SMILES string of the molecule is CCC(C)(C)CNS(=O)(=O)c1ccc([N+](=O)[O-])cc1NC. The maximum Gasteiger partial charge on any atom is 0.271 e. The van der Waals surface area contributed by atoms with Crippen molar-refractivity contribution in [2.24, 2.45) is 5.41 Å². The van der Waals surface area contributed by atoms with E-state index in [0.717, 1.165) is 6.42 Å². The van der Waals surface area contributed by atoms with Gasteiger partial charge in [-0.15, -0.1) is 0 Å². The Bertz CT molecular complexity index is 626. The molecule has 0 heterocycles. The molecule has 2 N–H and O–H groups in total. The predicted molar refractivity (Wildman–Crippen MR) is 81.9 cm³/mol. The highest BCUT2D eigenvalue weighted by atomic mass is 32.2. The van der Waals surface area contributed by atoms with Crippen molar-refractivity contribution in [1.82, 2.24) is 4.72 Å². The average Bonchev–Trinajstić information content (AvgIpc) is 2.44. The zero-order valence-electron chi connectivity index (χ0n) is 12.6.